The lowest BCUT2D eigenvalue weighted by Crippen LogP contribution is -2.30. The fraction of sp³-hybridized carbons (Fsp3) is 0.571. The number of benzene rings is 1. The first-order chi connectivity index (χ1) is 9.29. The summed E-state index contributed by atoms with van der Waals surface area (Å²) in [5, 5.41) is 0. The van der Waals surface area contributed by atoms with Crippen molar-refractivity contribution in [2.75, 3.05) is 38.1 Å². The molecule has 1 aromatic rings. The van der Waals surface area contributed by atoms with E-state index in [0.717, 1.165) is 19.0 Å². The molecule has 1 saturated heterocycles. The van der Waals surface area contributed by atoms with Crippen LogP contribution in [0, 0.1) is 12.7 Å². The summed E-state index contributed by atoms with van der Waals surface area (Å²) in [6, 6.07) is 2.36. The largest absolute Gasteiger partial charge is 0.419 e. The standard InChI is InChI=1S/C14H18F4N2/c1-10-8-11(14(16,17)18)13(15)12(9-10)20-5-3-4-19(2)6-7-20/h8-9H,3-7H2,1-2H3. The molecule has 2 rings (SSSR count). The van der Waals surface area contributed by atoms with Gasteiger partial charge in [0, 0.05) is 19.6 Å². The Kier molecular flexibility index (Phi) is 4.22. The fourth-order valence-electron chi connectivity index (χ4n) is 2.47. The van der Waals surface area contributed by atoms with Crippen LogP contribution in [0.4, 0.5) is 23.2 Å². The fourth-order valence-corrected chi connectivity index (χ4v) is 2.47. The summed E-state index contributed by atoms with van der Waals surface area (Å²) in [4.78, 5) is 3.81. The van der Waals surface area contributed by atoms with Crippen LogP contribution in [-0.4, -0.2) is 38.1 Å². The molecule has 20 heavy (non-hydrogen) atoms. The number of anilines is 1. The average molecular weight is 290 g/mol. The molecule has 1 aromatic carbocycles. The molecule has 1 fully saturated rings. The zero-order valence-electron chi connectivity index (χ0n) is 11.6. The van der Waals surface area contributed by atoms with E-state index in [-0.39, 0.29) is 5.69 Å². The molecule has 0 aliphatic carbocycles. The van der Waals surface area contributed by atoms with Crippen molar-refractivity contribution in [2.24, 2.45) is 0 Å². The van der Waals surface area contributed by atoms with E-state index in [1.54, 1.807) is 11.8 Å². The van der Waals surface area contributed by atoms with E-state index < -0.39 is 17.6 Å². The quantitative estimate of drug-likeness (QED) is 0.732. The van der Waals surface area contributed by atoms with Gasteiger partial charge in [-0.05, 0) is 44.6 Å². The average Bonchev–Trinajstić information content (AvgIpc) is 2.55. The van der Waals surface area contributed by atoms with Crippen LogP contribution in [0.2, 0.25) is 0 Å². The zero-order valence-corrected chi connectivity index (χ0v) is 11.6. The van der Waals surface area contributed by atoms with Gasteiger partial charge in [0.25, 0.3) is 0 Å². The topological polar surface area (TPSA) is 6.48 Å². The SMILES string of the molecule is Cc1cc(N2CCCN(C)CC2)c(F)c(C(F)(F)F)c1. The number of hydrogen-bond acceptors (Lipinski definition) is 2. The summed E-state index contributed by atoms with van der Waals surface area (Å²) in [6.45, 7) is 4.25. The van der Waals surface area contributed by atoms with E-state index in [0.29, 0.717) is 25.2 Å². The van der Waals surface area contributed by atoms with Gasteiger partial charge < -0.3 is 9.80 Å². The highest BCUT2D eigenvalue weighted by molar-refractivity contribution is 5.53. The molecule has 1 heterocycles. The van der Waals surface area contributed by atoms with Crippen molar-refractivity contribution >= 4 is 5.69 Å². The molecule has 0 unspecified atom stereocenters. The van der Waals surface area contributed by atoms with E-state index in [1.165, 1.54) is 6.07 Å². The van der Waals surface area contributed by atoms with Crippen molar-refractivity contribution in [3.63, 3.8) is 0 Å². The lowest BCUT2D eigenvalue weighted by molar-refractivity contribution is -0.139. The van der Waals surface area contributed by atoms with Gasteiger partial charge in [0.15, 0.2) is 5.82 Å². The zero-order chi connectivity index (χ0) is 14.9. The van der Waals surface area contributed by atoms with Crippen molar-refractivity contribution in [2.45, 2.75) is 19.5 Å². The highest BCUT2D eigenvalue weighted by Gasteiger charge is 2.36. The van der Waals surface area contributed by atoms with E-state index in [9.17, 15) is 17.6 Å². The minimum absolute atomic E-state index is 0.0626. The van der Waals surface area contributed by atoms with Crippen molar-refractivity contribution in [3.8, 4) is 0 Å². The number of alkyl halides is 3. The number of likely N-dealkylation sites (N-methyl/N-ethyl adjacent to an activating group) is 1. The van der Waals surface area contributed by atoms with Crippen LogP contribution in [0.3, 0.4) is 0 Å². The van der Waals surface area contributed by atoms with Gasteiger partial charge in [-0.1, -0.05) is 0 Å². The van der Waals surface area contributed by atoms with Crippen molar-refractivity contribution in [1.29, 1.82) is 0 Å². The highest BCUT2D eigenvalue weighted by atomic mass is 19.4. The molecule has 0 bridgehead atoms. The lowest BCUT2D eigenvalue weighted by Gasteiger charge is -2.25. The van der Waals surface area contributed by atoms with Crippen LogP contribution in [0.15, 0.2) is 12.1 Å². The molecule has 0 N–H and O–H groups in total. The van der Waals surface area contributed by atoms with Gasteiger partial charge in [0.2, 0.25) is 0 Å². The molecule has 0 aromatic heterocycles. The smallest absolute Gasteiger partial charge is 0.368 e. The van der Waals surface area contributed by atoms with Crippen LogP contribution < -0.4 is 4.90 Å². The van der Waals surface area contributed by atoms with Crippen molar-refractivity contribution in [1.82, 2.24) is 4.90 Å². The first-order valence-corrected chi connectivity index (χ1v) is 6.60. The molecule has 6 heteroatoms. The molecule has 0 radical (unpaired) electrons. The van der Waals surface area contributed by atoms with Crippen LogP contribution in [0.1, 0.15) is 17.5 Å². The highest BCUT2D eigenvalue weighted by Crippen LogP contribution is 2.36. The molecular formula is C14H18F4N2. The van der Waals surface area contributed by atoms with Gasteiger partial charge in [-0.3, -0.25) is 0 Å². The van der Waals surface area contributed by atoms with Crippen LogP contribution in [0.5, 0.6) is 0 Å². The maximum absolute atomic E-state index is 14.2. The first-order valence-electron chi connectivity index (χ1n) is 6.60. The molecule has 1 aliphatic heterocycles. The summed E-state index contributed by atoms with van der Waals surface area (Å²) >= 11 is 0. The van der Waals surface area contributed by atoms with Gasteiger partial charge in [-0.25, -0.2) is 4.39 Å². The molecular weight excluding hydrogens is 272 g/mol. The van der Waals surface area contributed by atoms with Gasteiger partial charge >= 0.3 is 6.18 Å². The summed E-state index contributed by atoms with van der Waals surface area (Å²) in [7, 11) is 1.96. The van der Waals surface area contributed by atoms with Gasteiger partial charge in [-0.2, -0.15) is 13.2 Å². The van der Waals surface area contributed by atoms with Crippen molar-refractivity contribution < 1.29 is 17.6 Å². The third-order valence-electron chi connectivity index (χ3n) is 3.56. The second kappa shape index (κ2) is 5.60. The molecule has 2 nitrogen and oxygen atoms in total. The number of aryl methyl sites for hydroxylation is 1. The van der Waals surface area contributed by atoms with E-state index in [1.807, 2.05) is 7.05 Å². The lowest BCUT2D eigenvalue weighted by atomic mass is 10.1. The second-order valence-electron chi connectivity index (χ2n) is 5.29. The maximum Gasteiger partial charge on any atom is 0.419 e. The Morgan fingerprint density at radius 3 is 2.40 bits per heavy atom. The summed E-state index contributed by atoms with van der Waals surface area (Å²) in [6.07, 6.45) is -3.85. The number of halogens is 4. The Hall–Kier alpha value is -1.30. The van der Waals surface area contributed by atoms with E-state index in [2.05, 4.69) is 4.90 Å². The molecule has 0 saturated carbocycles. The Balaban J connectivity index is 2.38. The van der Waals surface area contributed by atoms with Gasteiger partial charge in [0.1, 0.15) is 0 Å². The minimum Gasteiger partial charge on any atom is -0.368 e. The molecule has 0 spiro atoms. The Morgan fingerprint density at radius 2 is 1.75 bits per heavy atom. The normalized spacial score (nSPS) is 18.2. The van der Waals surface area contributed by atoms with Gasteiger partial charge in [-0.15, -0.1) is 0 Å². The molecule has 1 aliphatic rings. The monoisotopic (exact) mass is 290 g/mol. The maximum atomic E-state index is 14.2. The Morgan fingerprint density at radius 1 is 1.05 bits per heavy atom. The van der Waals surface area contributed by atoms with E-state index >= 15 is 0 Å². The predicted octanol–water partition coefficient (Wildman–Crippen LogP) is 3.29. The van der Waals surface area contributed by atoms with Crippen LogP contribution >= 0.6 is 0 Å². The molecule has 0 amide bonds. The molecule has 112 valence electrons. The Labute approximate surface area is 116 Å². The van der Waals surface area contributed by atoms with Crippen LogP contribution in [-0.2, 0) is 6.18 Å². The number of nitrogens with zero attached hydrogens (tertiary/aromatic N) is 2. The summed E-state index contributed by atoms with van der Waals surface area (Å²) in [5.41, 5.74) is -0.691. The number of hydrogen-bond donors (Lipinski definition) is 0. The first kappa shape index (κ1) is 15.1. The molecule has 0 atom stereocenters. The summed E-state index contributed by atoms with van der Waals surface area (Å²) < 4.78 is 52.7. The predicted molar refractivity (Wildman–Crippen MR) is 70.5 cm³/mol. The third kappa shape index (κ3) is 3.23. The van der Waals surface area contributed by atoms with Crippen LogP contribution in [0.25, 0.3) is 0 Å². The van der Waals surface area contributed by atoms with Gasteiger partial charge in [0.05, 0.1) is 11.3 Å². The minimum atomic E-state index is -4.66. The number of rotatable bonds is 1. The Bertz CT molecular complexity index is 485. The van der Waals surface area contributed by atoms with Crippen molar-refractivity contribution in [3.05, 3.63) is 29.1 Å². The summed E-state index contributed by atoms with van der Waals surface area (Å²) in [5.74, 6) is -1.16. The van der Waals surface area contributed by atoms with E-state index in [4.69, 9.17) is 0 Å². The second-order valence-corrected chi connectivity index (χ2v) is 5.29. The third-order valence-corrected chi connectivity index (χ3v) is 3.56.